The van der Waals surface area contributed by atoms with Crippen LogP contribution in [0.5, 0.6) is 0 Å². The van der Waals surface area contributed by atoms with Crippen molar-refractivity contribution in [3.8, 4) is 0 Å². The number of carbonyl (C=O) groups excluding carboxylic acids is 3. The van der Waals surface area contributed by atoms with Crippen molar-refractivity contribution in [3.05, 3.63) is 69.3 Å². The van der Waals surface area contributed by atoms with E-state index in [1.54, 1.807) is 12.1 Å². The van der Waals surface area contributed by atoms with Crippen LogP contribution in [0.1, 0.15) is 46.0 Å². The van der Waals surface area contributed by atoms with Crippen LogP contribution < -0.4 is 5.32 Å². The molecule has 0 radical (unpaired) electrons. The number of anilines is 1. The zero-order valence-electron chi connectivity index (χ0n) is 15.6. The Morgan fingerprint density at radius 1 is 1.11 bits per heavy atom. The third kappa shape index (κ3) is 5.23. The van der Waals surface area contributed by atoms with Crippen molar-refractivity contribution in [3.63, 3.8) is 0 Å². The SMILES string of the molecule is CCCC(=O)Nc1ccc(C(=O)COC(=O)c2cccc([N+](=O)[O-])c2C)cc1. The van der Waals surface area contributed by atoms with Crippen molar-refractivity contribution >= 4 is 29.0 Å². The van der Waals surface area contributed by atoms with Gasteiger partial charge in [-0.3, -0.25) is 19.7 Å². The van der Waals surface area contributed by atoms with Gasteiger partial charge in [0.25, 0.3) is 5.69 Å². The number of benzene rings is 2. The first kappa shape index (κ1) is 20.8. The van der Waals surface area contributed by atoms with Crippen molar-refractivity contribution < 1.29 is 24.0 Å². The summed E-state index contributed by atoms with van der Waals surface area (Å²) >= 11 is 0. The van der Waals surface area contributed by atoms with E-state index in [1.807, 2.05) is 6.92 Å². The van der Waals surface area contributed by atoms with Gasteiger partial charge in [-0.05, 0) is 43.7 Å². The molecule has 0 atom stereocenters. The zero-order chi connectivity index (χ0) is 20.7. The topological polar surface area (TPSA) is 116 Å². The molecule has 0 heterocycles. The van der Waals surface area contributed by atoms with Crippen LogP contribution in [0.2, 0.25) is 0 Å². The molecule has 0 aliphatic heterocycles. The highest BCUT2D eigenvalue weighted by Crippen LogP contribution is 2.21. The predicted molar refractivity (Wildman–Crippen MR) is 102 cm³/mol. The second-order valence-electron chi connectivity index (χ2n) is 6.08. The van der Waals surface area contributed by atoms with Gasteiger partial charge in [-0.1, -0.05) is 13.0 Å². The Kier molecular flexibility index (Phi) is 6.97. The number of Topliss-reactive ketones (excluding diaryl/α,β-unsaturated/α-hetero) is 1. The monoisotopic (exact) mass is 384 g/mol. The molecule has 0 saturated heterocycles. The number of hydrogen-bond acceptors (Lipinski definition) is 6. The molecule has 28 heavy (non-hydrogen) atoms. The Bertz CT molecular complexity index is 905. The van der Waals surface area contributed by atoms with Gasteiger partial charge in [-0.15, -0.1) is 0 Å². The lowest BCUT2D eigenvalue weighted by atomic mass is 10.1. The molecule has 0 saturated carbocycles. The second kappa shape index (κ2) is 9.40. The van der Waals surface area contributed by atoms with Gasteiger partial charge in [0.15, 0.2) is 12.4 Å². The van der Waals surface area contributed by atoms with Crippen molar-refractivity contribution in [1.82, 2.24) is 0 Å². The van der Waals surface area contributed by atoms with Crippen LogP contribution in [0, 0.1) is 17.0 Å². The number of amides is 1. The molecule has 2 aromatic carbocycles. The number of nitrogens with one attached hydrogen (secondary N) is 1. The number of rotatable bonds is 8. The number of carbonyl (C=O) groups is 3. The van der Waals surface area contributed by atoms with Crippen LogP contribution in [0.15, 0.2) is 42.5 Å². The van der Waals surface area contributed by atoms with Crippen LogP contribution in [-0.4, -0.2) is 29.2 Å². The van der Waals surface area contributed by atoms with E-state index in [0.29, 0.717) is 17.7 Å². The lowest BCUT2D eigenvalue weighted by Crippen LogP contribution is -2.15. The highest BCUT2D eigenvalue weighted by molar-refractivity contribution is 6.00. The van der Waals surface area contributed by atoms with Crippen molar-refractivity contribution in [1.29, 1.82) is 0 Å². The first-order valence-electron chi connectivity index (χ1n) is 8.67. The second-order valence-corrected chi connectivity index (χ2v) is 6.08. The fraction of sp³-hybridized carbons (Fsp3) is 0.250. The molecular weight excluding hydrogens is 364 g/mol. The average Bonchev–Trinajstić information content (AvgIpc) is 2.66. The highest BCUT2D eigenvalue weighted by Gasteiger charge is 2.20. The van der Waals surface area contributed by atoms with Crippen LogP contribution in [0.25, 0.3) is 0 Å². The quantitative estimate of drug-likeness (QED) is 0.321. The average molecular weight is 384 g/mol. The number of ketones is 1. The number of nitro benzene ring substituents is 1. The van der Waals surface area contributed by atoms with Gasteiger partial charge in [0.2, 0.25) is 5.91 Å². The maximum atomic E-state index is 12.2. The molecular formula is C20H20N2O6. The van der Waals surface area contributed by atoms with Gasteiger partial charge in [0.05, 0.1) is 10.5 Å². The summed E-state index contributed by atoms with van der Waals surface area (Å²) in [6.07, 6.45) is 1.14. The molecule has 2 rings (SSSR count). The minimum Gasteiger partial charge on any atom is -0.454 e. The lowest BCUT2D eigenvalue weighted by Gasteiger charge is -2.08. The van der Waals surface area contributed by atoms with Crippen molar-refractivity contribution in [2.24, 2.45) is 0 Å². The Hall–Kier alpha value is -3.55. The maximum absolute atomic E-state index is 12.2. The van der Waals surface area contributed by atoms with E-state index in [2.05, 4.69) is 5.32 Å². The molecule has 0 unspecified atom stereocenters. The third-order valence-electron chi connectivity index (χ3n) is 4.02. The minimum atomic E-state index is -0.807. The molecule has 1 N–H and O–H groups in total. The van der Waals surface area contributed by atoms with Gasteiger partial charge in [0.1, 0.15) is 0 Å². The normalized spacial score (nSPS) is 10.2. The summed E-state index contributed by atoms with van der Waals surface area (Å²) in [5.41, 5.74) is 0.908. The lowest BCUT2D eigenvalue weighted by molar-refractivity contribution is -0.385. The molecule has 0 aliphatic carbocycles. The summed E-state index contributed by atoms with van der Waals surface area (Å²) in [5, 5.41) is 13.7. The first-order chi connectivity index (χ1) is 13.3. The van der Waals surface area contributed by atoms with E-state index >= 15 is 0 Å². The zero-order valence-corrected chi connectivity index (χ0v) is 15.6. The van der Waals surface area contributed by atoms with Gasteiger partial charge in [-0.25, -0.2) is 4.79 Å². The predicted octanol–water partition coefficient (Wildman–Crippen LogP) is 3.68. The maximum Gasteiger partial charge on any atom is 0.339 e. The van der Waals surface area contributed by atoms with Crippen LogP contribution >= 0.6 is 0 Å². The van der Waals surface area contributed by atoms with Crippen molar-refractivity contribution in [2.75, 3.05) is 11.9 Å². The molecule has 146 valence electrons. The molecule has 0 spiro atoms. The third-order valence-corrected chi connectivity index (χ3v) is 4.02. The number of nitrogens with zero attached hydrogens (tertiary/aromatic N) is 1. The summed E-state index contributed by atoms with van der Waals surface area (Å²) in [5.74, 6) is -1.34. The fourth-order valence-electron chi connectivity index (χ4n) is 2.52. The molecule has 0 fully saturated rings. The number of hydrogen-bond donors (Lipinski definition) is 1. The summed E-state index contributed by atoms with van der Waals surface area (Å²) in [4.78, 5) is 46.3. The number of nitro groups is 1. The largest absolute Gasteiger partial charge is 0.454 e. The smallest absolute Gasteiger partial charge is 0.339 e. The summed E-state index contributed by atoms with van der Waals surface area (Å²) < 4.78 is 5.01. The van der Waals surface area contributed by atoms with E-state index in [4.69, 9.17) is 4.74 Å². The summed E-state index contributed by atoms with van der Waals surface area (Å²) in [6.45, 7) is 2.85. The Morgan fingerprint density at radius 2 is 1.79 bits per heavy atom. The van der Waals surface area contributed by atoms with Crippen LogP contribution in [0.3, 0.4) is 0 Å². The van der Waals surface area contributed by atoms with E-state index in [9.17, 15) is 24.5 Å². The molecule has 8 nitrogen and oxygen atoms in total. The van der Waals surface area contributed by atoms with Crippen molar-refractivity contribution in [2.45, 2.75) is 26.7 Å². The Labute approximate surface area is 161 Å². The van der Waals surface area contributed by atoms with Gasteiger partial charge in [-0.2, -0.15) is 0 Å². The van der Waals surface area contributed by atoms with Gasteiger partial charge >= 0.3 is 5.97 Å². The molecule has 0 bridgehead atoms. The standard InChI is InChI=1S/C20H20N2O6/c1-3-5-19(24)21-15-10-8-14(9-11-15)18(23)12-28-20(25)16-6-4-7-17(13(16)2)22(26)27/h4,6-11H,3,5,12H2,1-2H3,(H,21,24). The number of esters is 1. The fourth-order valence-corrected chi connectivity index (χ4v) is 2.52. The van der Waals surface area contributed by atoms with Gasteiger partial charge < -0.3 is 10.1 Å². The molecule has 2 aromatic rings. The molecule has 8 heteroatoms. The summed E-state index contributed by atoms with van der Waals surface area (Å²) in [7, 11) is 0. The summed E-state index contributed by atoms with van der Waals surface area (Å²) in [6, 6.07) is 10.3. The van der Waals surface area contributed by atoms with Crippen LogP contribution in [0.4, 0.5) is 11.4 Å². The molecule has 0 aliphatic rings. The van der Waals surface area contributed by atoms with E-state index < -0.39 is 23.3 Å². The van der Waals surface area contributed by atoms with E-state index in [-0.39, 0.29) is 22.7 Å². The minimum absolute atomic E-state index is 0.0379. The number of ether oxygens (including phenoxy) is 1. The van der Waals surface area contributed by atoms with Gasteiger partial charge in [0, 0.05) is 29.3 Å². The Balaban J connectivity index is 1.98. The highest BCUT2D eigenvalue weighted by atomic mass is 16.6. The molecule has 1 amide bonds. The van der Waals surface area contributed by atoms with E-state index in [1.165, 1.54) is 37.3 Å². The first-order valence-corrected chi connectivity index (χ1v) is 8.67. The van der Waals surface area contributed by atoms with E-state index in [0.717, 1.165) is 6.42 Å². The van der Waals surface area contributed by atoms with Crippen LogP contribution in [-0.2, 0) is 9.53 Å². The molecule has 0 aromatic heterocycles. The Morgan fingerprint density at radius 3 is 2.39 bits per heavy atom.